The Hall–Kier alpha value is -4.12. The third-order valence-electron chi connectivity index (χ3n) is 9.21. The van der Waals surface area contributed by atoms with Crippen LogP contribution in [0.15, 0.2) is 40.8 Å². The molecule has 0 N–H and O–H groups in total. The molecule has 52 heavy (non-hydrogen) atoms. The summed E-state index contributed by atoms with van der Waals surface area (Å²) in [5.41, 5.74) is 3.08. The zero-order valence-corrected chi connectivity index (χ0v) is 27.4. The van der Waals surface area contributed by atoms with E-state index in [1.165, 1.54) is 0 Å². The van der Waals surface area contributed by atoms with Crippen molar-refractivity contribution in [2.45, 2.75) is 0 Å². The lowest BCUT2D eigenvalue weighted by Gasteiger charge is -2.22. The lowest BCUT2D eigenvalue weighted by Crippen LogP contribution is -2.55. The van der Waals surface area contributed by atoms with E-state index in [4.69, 9.17) is 132 Å². The first kappa shape index (κ1) is 36.3. The average molecular weight is 623 g/mol. The van der Waals surface area contributed by atoms with Crippen molar-refractivity contribution in [3.63, 3.8) is 0 Å². The fourth-order valence-corrected chi connectivity index (χ4v) is 6.18. The molecule has 0 atom stereocenters. The lowest BCUT2D eigenvalue weighted by molar-refractivity contribution is 0.670. The molecule has 4 nitrogen and oxygen atoms in total. The summed E-state index contributed by atoms with van der Waals surface area (Å²) in [5, 5.41) is 1.36. The van der Waals surface area contributed by atoms with E-state index in [0.29, 0.717) is 38.6 Å². The first-order valence-corrected chi connectivity index (χ1v) is 15.3. The standard InChI is InChI=1S/C33H6B15N3O/c34-15-12(16(35)22(41)27(46)21(15)40)9-3-1-2-8-10-6-7(4-5-11(10)52-30(8)9)31-49-32(13-17(36)23(42)28(47)24(43)18(13)37)51-33(50-31)14-19(38)25(44)29(48)26(45)20(14)39/h1-6H. The SMILES string of the molecule is [B]c1c([B])c([B])c(-c2nc(-c3ccc4oc5c(-c6c([B])c([B])c([B])c([B])c6[B])cccc5c4c3)nc(-c3c([B])c([B])c([B])c([B])c3[B])n2)c([B])c1[B]. The van der Waals surface area contributed by atoms with Crippen molar-refractivity contribution in [3.8, 4) is 45.3 Å². The Balaban J connectivity index is 1.51. The summed E-state index contributed by atoms with van der Waals surface area (Å²) in [6, 6.07) is 10.7. The van der Waals surface area contributed by atoms with Crippen LogP contribution in [0, 0.1) is 0 Å². The van der Waals surface area contributed by atoms with Crippen molar-refractivity contribution < 1.29 is 4.42 Å². The maximum atomic E-state index is 6.42. The van der Waals surface area contributed by atoms with Crippen LogP contribution in [0.25, 0.3) is 67.2 Å². The van der Waals surface area contributed by atoms with Gasteiger partial charge in [0.1, 0.15) is 129 Å². The van der Waals surface area contributed by atoms with Gasteiger partial charge in [0.15, 0.2) is 17.5 Å². The monoisotopic (exact) mass is 625 g/mol. The van der Waals surface area contributed by atoms with Gasteiger partial charge in [0.05, 0.1) is 0 Å². The number of furan rings is 1. The third kappa shape index (κ3) is 5.40. The second-order valence-electron chi connectivity index (χ2n) is 12.1. The number of benzene rings is 5. The normalized spacial score (nSPS) is 11.5. The van der Waals surface area contributed by atoms with Crippen LogP contribution < -0.4 is 81.9 Å². The Morgan fingerprint density at radius 2 is 0.750 bits per heavy atom. The van der Waals surface area contributed by atoms with Crippen LogP contribution in [-0.2, 0) is 0 Å². The first-order valence-electron chi connectivity index (χ1n) is 15.3. The van der Waals surface area contributed by atoms with E-state index < -0.39 is 0 Å². The fraction of sp³-hybridized carbons (Fsp3) is 0. The molecule has 19 heteroatoms. The third-order valence-corrected chi connectivity index (χ3v) is 9.21. The summed E-state index contributed by atoms with van der Waals surface area (Å²) in [6.07, 6.45) is 0. The second kappa shape index (κ2) is 13.1. The number of hydrogen-bond acceptors (Lipinski definition) is 4. The predicted octanol–water partition coefficient (Wildman–Crippen LogP) is -9.65. The van der Waals surface area contributed by atoms with Gasteiger partial charge in [0.25, 0.3) is 0 Å². The van der Waals surface area contributed by atoms with Gasteiger partial charge in [-0.2, -0.15) is 0 Å². The Morgan fingerprint density at radius 1 is 0.365 bits per heavy atom. The minimum atomic E-state index is -0.0370. The number of rotatable bonds is 4. The first-order chi connectivity index (χ1) is 24.5. The average Bonchev–Trinajstić information content (AvgIpc) is 3.52. The number of fused-ring (bicyclic) bond motifs is 3. The highest BCUT2D eigenvalue weighted by atomic mass is 16.3. The van der Waals surface area contributed by atoms with Crippen molar-refractivity contribution >= 4 is 222 Å². The van der Waals surface area contributed by atoms with Gasteiger partial charge in [0, 0.05) is 33.0 Å². The molecule has 0 aliphatic heterocycles. The molecule has 2 aromatic heterocycles. The maximum absolute atomic E-state index is 6.42. The molecule has 7 aromatic rings. The Morgan fingerprint density at radius 3 is 1.19 bits per heavy atom. The predicted molar refractivity (Wildman–Crippen MR) is 230 cm³/mol. The zero-order chi connectivity index (χ0) is 37.7. The molecule has 0 unspecified atom stereocenters. The molecule has 0 spiro atoms. The van der Waals surface area contributed by atoms with Crippen LogP contribution in [0.1, 0.15) is 0 Å². The van der Waals surface area contributed by atoms with Gasteiger partial charge in [0.2, 0.25) is 0 Å². The highest BCUT2D eigenvalue weighted by Crippen LogP contribution is 2.36. The van der Waals surface area contributed by atoms with Crippen LogP contribution in [0.3, 0.4) is 0 Å². The molecular weight excluding hydrogens is 617 g/mol. The highest BCUT2D eigenvalue weighted by molar-refractivity contribution is 6.71. The van der Waals surface area contributed by atoms with E-state index in [9.17, 15) is 0 Å². The maximum Gasteiger partial charge on any atom is 0.164 e. The van der Waals surface area contributed by atoms with Crippen LogP contribution in [0.5, 0.6) is 0 Å². The lowest BCUT2D eigenvalue weighted by atomic mass is 9.59. The molecule has 204 valence electrons. The van der Waals surface area contributed by atoms with Gasteiger partial charge in [-0.15, -0.1) is 49.2 Å². The van der Waals surface area contributed by atoms with E-state index in [-0.39, 0.29) is 111 Å². The van der Waals surface area contributed by atoms with E-state index >= 15 is 0 Å². The molecule has 0 fully saturated rings. The summed E-state index contributed by atoms with van der Waals surface area (Å²) < 4.78 is 6.35. The van der Waals surface area contributed by atoms with Gasteiger partial charge in [-0.1, -0.05) is 51.0 Å². The Kier molecular flexibility index (Phi) is 9.12. The van der Waals surface area contributed by atoms with E-state index in [2.05, 4.69) is 4.98 Å². The van der Waals surface area contributed by atoms with Crippen molar-refractivity contribution in [2.24, 2.45) is 0 Å². The van der Waals surface area contributed by atoms with Crippen LogP contribution >= 0.6 is 0 Å². The van der Waals surface area contributed by atoms with E-state index in [1.54, 1.807) is 18.2 Å². The summed E-state index contributed by atoms with van der Waals surface area (Å²) in [7, 11) is 93.8. The van der Waals surface area contributed by atoms with Crippen molar-refractivity contribution in [1.82, 2.24) is 15.0 Å². The quantitative estimate of drug-likeness (QED) is 0.183. The smallest absolute Gasteiger partial charge is 0.164 e. The largest absolute Gasteiger partial charge is 0.455 e. The molecule has 5 aromatic carbocycles. The number of hydrogen-bond donors (Lipinski definition) is 0. The molecule has 30 radical (unpaired) electrons. The molecular formula is C33H6B15N3O. The van der Waals surface area contributed by atoms with Crippen molar-refractivity contribution in [2.75, 3.05) is 0 Å². The topological polar surface area (TPSA) is 51.8 Å². The fourth-order valence-electron chi connectivity index (χ4n) is 6.18. The number of para-hydroxylation sites is 1. The molecule has 0 aliphatic carbocycles. The number of nitrogens with zero attached hydrogens (tertiary/aromatic N) is 3. The highest BCUT2D eigenvalue weighted by Gasteiger charge is 2.22. The molecule has 0 saturated heterocycles. The molecule has 0 bridgehead atoms. The van der Waals surface area contributed by atoms with Gasteiger partial charge >= 0.3 is 0 Å². The van der Waals surface area contributed by atoms with Gasteiger partial charge in [-0.25, -0.2) is 15.0 Å². The van der Waals surface area contributed by atoms with Crippen LogP contribution in [0.4, 0.5) is 0 Å². The minimum absolute atomic E-state index is 0.00494. The van der Waals surface area contributed by atoms with E-state index in [0.717, 1.165) is 0 Å². The van der Waals surface area contributed by atoms with Crippen LogP contribution in [0.2, 0.25) is 0 Å². The van der Waals surface area contributed by atoms with Crippen molar-refractivity contribution in [1.29, 1.82) is 0 Å². The molecule has 0 amide bonds. The molecule has 0 saturated carbocycles. The molecule has 2 heterocycles. The minimum Gasteiger partial charge on any atom is -0.455 e. The number of aromatic nitrogens is 3. The summed E-state index contributed by atoms with van der Waals surface area (Å²) >= 11 is 0. The summed E-state index contributed by atoms with van der Waals surface area (Å²) in [4.78, 5) is 14.1. The summed E-state index contributed by atoms with van der Waals surface area (Å²) in [5.74, 6) is 0.0515. The Bertz CT molecular complexity index is 2540. The zero-order valence-electron chi connectivity index (χ0n) is 27.4. The van der Waals surface area contributed by atoms with Gasteiger partial charge in [-0.3, -0.25) is 0 Å². The van der Waals surface area contributed by atoms with Gasteiger partial charge < -0.3 is 4.42 Å². The Labute approximate surface area is 321 Å². The van der Waals surface area contributed by atoms with Gasteiger partial charge in [-0.05, 0) is 23.8 Å². The second-order valence-corrected chi connectivity index (χ2v) is 12.1. The van der Waals surface area contributed by atoms with Crippen LogP contribution in [-0.4, -0.2) is 133 Å². The molecule has 0 aliphatic rings. The van der Waals surface area contributed by atoms with E-state index in [1.807, 2.05) is 18.2 Å². The summed E-state index contributed by atoms with van der Waals surface area (Å²) in [6.45, 7) is 0. The van der Waals surface area contributed by atoms with Crippen molar-refractivity contribution in [3.05, 3.63) is 36.4 Å². The molecule has 7 rings (SSSR count).